The normalized spacial score (nSPS) is 20.3. The molecule has 6 heteroatoms. The number of nitrogens with one attached hydrogen (secondary N) is 3. The fourth-order valence-electron chi connectivity index (χ4n) is 4.92. The van der Waals surface area contributed by atoms with Crippen molar-refractivity contribution in [1.82, 2.24) is 20.5 Å². The Labute approximate surface area is 173 Å². The van der Waals surface area contributed by atoms with Gasteiger partial charge >= 0.3 is 0 Å². The van der Waals surface area contributed by atoms with Gasteiger partial charge in [0, 0.05) is 55.9 Å². The van der Waals surface area contributed by atoms with Crippen molar-refractivity contribution in [2.24, 2.45) is 4.99 Å². The average molecular weight is 400 g/mol. The number of aliphatic imine (C=N–C) groups is 1. The fourth-order valence-corrected chi connectivity index (χ4v) is 4.92. The molecule has 0 atom stereocenters. The van der Waals surface area contributed by atoms with Crippen LogP contribution < -0.4 is 10.6 Å². The summed E-state index contributed by atoms with van der Waals surface area (Å²) in [6.45, 7) is 3.16. The van der Waals surface area contributed by atoms with Gasteiger partial charge in [-0.1, -0.05) is 19.3 Å². The van der Waals surface area contributed by atoms with Gasteiger partial charge in [0.15, 0.2) is 5.96 Å². The highest BCUT2D eigenvalue weighted by Crippen LogP contribution is 2.25. The quantitative estimate of drug-likeness (QED) is 0.529. The fraction of sp³-hybridized carbons (Fsp3) is 0.609. The van der Waals surface area contributed by atoms with E-state index in [9.17, 15) is 4.39 Å². The van der Waals surface area contributed by atoms with Gasteiger partial charge in [-0.2, -0.15) is 0 Å². The number of halogens is 1. The third-order valence-corrected chi connectivity index (χ3v) is 6.60. The van der Waals surface area contributed by atoms with Crippen LogP contribution in [-0.2, 0) is 6.42 Å². The van der Waals surface area contributed by atoms with Gasteiger partial charge in [0.25, 0.3) is 0 Å². The number of guanidine groups is 1. The van der Waals surface area contributed by atoms with Crippen LogP contribution >= 0.6 is 0 Å². The highest BCUT2D eigenvalue weighted by Gasteiger charge is 2.26. The third kappa shape index (κ3) is 5.10. The summed E-state index contributed by atoms with van der Waals surface area (Å²) in [5.41, 5.74) is 2.11. The molecule has 5 nitrogen and oxygen atoms in total. The molecule has 158 valence electrons. The van der Waals surface area contributed by atoms with Crippen molar-refractivity contribution in [3.8, 4) is 0 Å². The van der Waals surface area contributed by atoms with Crippen molar-refractivity contribution in [2.45, 2.75) is 63.5 Å². The maximum absolute atomic E-state index is 13.5. The Bertz CT molecular complexity index is 816. The Morgan fingerprint density at radius 2 is 1.97 bits per heavy atom. The number of piperidine rings is 1. The second kappa shape index (κ2) is 9.61. The summed E-state index contributed by atoms with van der Waals surface area (Å²) in [6, 6.07) is 6.20. The molecule has 0 radical (unpaired) electrons. The Hall–Kier alpha value is -2.08. The van der Waals surface area contributed by atoms with Crippen molar-refractivity contribution < 1.29 is 4.39 Å². The molecule has 3 N–H and O–H groups in total. The van der Waals surface area contributed by atoms with E-state index >= 15 is 0 Å². The predicted molar refractivity (Wildman–Crippen MR) is 118 cm³/mol. The standard InChI is InChI=1S/C23H34FN5/c1-25-23(26-12-9-17-16-27-22-8-7-18(24)15-21(17)22)28-19-10-13-29(14-11-19)20-5-3-2-4-6-20/h7-8,15-16,19-20,27H,2-6,9-14H2,1H3,(H2,25,26,28). The van der Waals surface area contributed by atoms with Crippen molar-refractivity contribution in [1.29, 1.82) is 0 Å². The highest BCUT2D eigenvalue weighted by atomic mass is 19.1. The van der Waals surface area contributed by atoms with Crippen molar-refractivity contribution in [3.63, 3.8) is 0 Å². The van der Waals surface area contributed by atoms with Gasteiger partial charge in [-0.05, 0) is 55.9 Å². The average Bonchev–Trinajstić information content (AvgIpc) is 3.16. The van der Waals surface area contributed by atoms with E-state index in [-0.39, 0.29) is 5.82 Å². The van der Waals surface area contributed by atoms with E-state index in [1.165, 1.54) is 64.1 Å². The minimum absolute atomic E-state index is 0.191. The molecule has 0 unspecified atom stereocenters. The lowest BCUT2D eigenvalue weighted by Gasteiger charge is -2.39. The summed E-state index contributed by atoms with van der Waals surface area (Å²) in [6.07, 6.45) is 12.2. The van der Waals surface area contributed by atoms with Crippen LogP contribution in [0.5, 0.6) is 0 Å². The maximum atomic E-state index is 13.5. The Kier molecular flexibility index (Phi) is 6.70. The van der Waals surface area contributed by atoms with E-state index in [1.807, 2.05) is 13.2 Å². The van der Waals surface area contributed by atoms with Crippen molar-refractivity contribution in [2.75, 3.05) is 26.7 Å². The molecular weight excluding hydrogens is 365 g/mol. The third-order valence-electron chi connectivity index (χ3n) is 6.60. The summed E-state index contributed by atoms with van der Waals surface area (Å²) in [5.74, 6) is 0.676. The van der Waals surface area contributed by atoms with Gasteiger partial charge in [0.05, 0.1) is 0 Å². The molecule has 1 saturated carbocycles. The van der Waals surface area contributed by atoms with Crippen LogP contribution in [0.15, 0.2) is 29.4 Å². The lowest BCUT2D eigenvalue weighted by atomic mass is 9.92. The Morgan fingerprint density at radius 1 is 1.17 bits per heavy atom. The van der Waals surface area contributed by atoms with E-state index in [1.54, 1.807) is 12.1 Å². The van der Waals surface area contributed by atoms with Gasteiger partial charge in [0.1, 0.15) is 5.82 Å². The zero-order valence-corrected chi connectivity index (χ0v) is 17.5. The van der Waals surface area contributed by atoms with E-state index in [0.29, 0.717) is 6.04 Å². The largest absolute Gasteiger partial charge is 0.361 e. The molecule has 1 saturated heterocycles. The Balaban J connectivity index is 1.22. The number of likely N-dealkylation sites (tertiary alicyclic amines) is 1. The molecule has 2 fully saturated rings. The molecule has 2 heterocycles. The number of fused-ring (bicyclic) bond motifs is 1. The molecule has 1 aromatic carbocycles. The summed E-state index contributed by atoms with van der Waals surface area (Å²) in [4.78, 5) is 10.3. The molecule has 1 aliphatic carbocycles. The number of aromatic amines is 1. The SMILES string of the molecule is CN=C(NCCc1c[nH]c2ccc(F)cc12)NC1CCN(C2CCCCC2)CC1. The second-order valence-electron chi connectivity index (χ2n) is 8.50. The van der Waals surface area contributed by atoms with Crippen LogP contribution in [-0.4, -0.2) is 54.6 Å². The molecule has 2 aromatic rings. The molecule has 29 heavy (non-hydrogen) atoms. The van der Waals surface area contributed by atoms with Crippen molar-refractivity contribution in [3.05, 3.63) is 35.8 Å². The zero-order chi connectivity index (χ0) is 20.1. The first-order valence-electron chi connectivity index (χ1n) is 11.2. The minimum Gasteiger partial charge on any atom is -0.361 e. The number of nitrogens with zero attached hydrogens (tertiary/aromatic N) is 2. The number of H-pyrrole nitrogens is 1. The van der Waals surface area contributed by atoms with Crippen LogP contribution in [0.4, 0.5) is 4.39 Å². The Morgan fingerprint density at radius 3 is 2.72 bits per heavy atom. The van der Waals surface area contributed by atoms with Gasteiger partial charge < -0.3 is 20.5 Å². The second-order valence-corrected chi connectivity index (χ2v) is 8.50. The lowest BCUT2D eigenvalue weighted by Crippen LogP contribution is -2.51. The van der Waals surface area contributed by atoms with Crippen LogP contribution in [0, 0.1) is 5.82 Å². The number of aromatic nitrogens is 1. The molecule has 0 amide bonds. The first-order chi connectivity index (χ1) is 14.2. The maximum Gasteiger partial charge on any atom is 0.191 e. The first-order valence-corrected chi connectivity index (χ1v) is 11.2. The summed E-state index contributed by atoms with van der Waals surface area (Å²) >= 11 is 0. The van der Waals surface area contributed by atoms with Gasteiger partial charge in [-0.15, -0.1) is 0 Å². The molecular formula is C23H34FN5. The monoisotopic (exact) mass is 399 g/mol. The van der Waals surface area contributed by atoms with Gasteiger partial charge in [0.2, 0.25) is 0 Å². The molecule has 1 aromatic heterocycles. The number of rotatable bonds is 5. The van der Waals surface area contributed by atoms with Crippen LogP contribution in [0.25, 0.3) is 10.9 Å². The number of hydrogen-bond acceptors (Lipinski definition) is 2. The number of benzene rings is 1. The van der Waals surface area contributed by atoms with Crippen LogP contribution in [0.1, 0.15) is 50.5 Å². The molecule has 4 rings (SSSR count). The van der Waals surface area contributed by atoms with Crippen LogP contribution in [0.2, 0.25) is 0 Å². The molecule has 1 aliphatic heterocycles. The summed E-state index contributed by atoms with van der Waals surface area (Å²) in [5, 5.41) is 7.99. The molecule has 0 bridgehead atoms. The van der Waals surface area contributed by atoms with E-state index in [0.717, 1.165) is 41.4 Å². The van der Waals surface area contributed by atoms with E-state index in [4.69, 9.17) is 0 Å². The summed E-state index contributed by atoms with van der Waals surface area (Å²) in [7, 11) is 1.83. The van der Waals surface area contributed by atoms with Gasteiger partial charge in [-0.25, -0.2) is 4.39 Å². The predicted octanol–water partition coefficient (Wildman–Crippen LogP) is 3.81. The van der Waals surface area contributed by atoms with Crippen LogP contribution in [0.3, 0.4) is 0 Å². The van der Waals surface area contributed by atoms with Gasteiger partial charge in [-0.3, -0.25) is 4.99 Å². The zero-order valence-electron chi connectivity index (χ0n) is 17.5. The number of hydrogen-bond donors (Lipinski definition) is 3. The minimum atomic E-state index is -0.191. The van der Waals surface area contributed by atoms with Crippen molar-refractivity contribution >= 4 is 16.9 Å². The highest BCUT2D eigenvalue weighted by molar-refractivity contribution is 5.83. The molecule has 2 aliphatic rings. The first kappa shape index (κ1) is 20.2. The molecule has 0 spiro atoms. The smallest absolute Gasteiger partial charge is 0.191 e. The van der Waals surface area contributed by atoms with E-state index < -0.39 is 0 Å². The topological polar surface area (TPSA) is 55.5 Å². The summed E-state index contributed by atoms with van der Waals surface area (Å²) < 4.78 is 13.5. The lowest BCUT2D eigenvalue weighted by molar-refractivity contribution is 0.119. The van der Waals surface area contributed by atoms with E-state index in [2.05, 4.69) is 25.5 Å².